The minimum Gasteiger partial charge on any atom is -0.495 e. The molecule has 1 aromatic rings. The Morgan fingerprint density at radius 1 is 1.33 bits per heavy atom. The second-order valence-electron chi connectivity index (χ2n) is 4.37. The fourth-order valence-electron chi connectivity index (χ4n) is 1.61. The fraction of sp³-hybridized carbons (Fsp3) is 0.500. The van der Waals surface area contributed by atoms with Crippen molar-refractivity contribution in [2.75, 3.05) is 26.1 Å². The zero-order valence-corrected chi connectivity index (χ0v) is 11.4. The third-order valence-corrected chi connectivity index (χ3v) is 2.76. The van der Waals surface area contributed by atoms with Crippen LogP contribution < -0.4 is 10.1 Å². The van der Waals surface area contributed by atoms with Crippen molar-refractivity contribution in [3.8, 4) is 5.75 Å². The Morgan fingerprint density at radius 2 is 2.06 bits per heavy atom. The van der Waals surface area contributed by atoms with Crippen LogP contribution in [0.3, 0.4) is 0 Å². The molecule has 0 unspecified atom stereocenters. The van der Waals surface area contributed by atoms with Gasteiger partial charge >= 0.3 is 5.97 Å². The number of esters is 1. The molecule has 0 spiro atoms. The SMILES string of the molecule is COC(=O)CCNc1ccc(C(C)C)cc1OC. The molecule has 0 aliphatic rings. The van der Waals surface area contributed by atoms with Crippen molar-refractivity contribution in [2.45, 2.75) is 26.2 Å². The Kier molecular flexibility index (Phi) is 5.49. The standard InChI is InChI=1S/C14H21NO3/c1-10(2)11-5-6-12(13(9-11)17-3)15-8-7-14(16)18-4/h5-6,9-10,15H,7-8H2,1-4H3. The smallest absolute Gasteiger partial charge is 0.307 e. The van der Waals surface area contributed by atoms with Crippen LogP contribution in [-0.2, 0) is 9.53 Å². The normalized spacial score (nSPS) is 10.3. The molecule has 0 fully saturated rings. The maximum atomic E-state index is 11.0. The summed E-state index contributed by atoms with van der Waals surface area (Å²) >= 11 is 0. The molecule has 0 aromatic heterocycles. The van der Waals surface area contributed by atoms with Gasteiger partial charge in [0.2, 0.25) is 0 Å². The third kappa shape index (κ3) is 3.95. The average molecular weight is 251 g/mol. The van der Waals surface area contributed by atoms with Gasteiger partial charge in [0.15, 0.2) is 0 Å². The van der Waals surface area contributed by atoms with Crippen LogP contribution in [0.4, 0.5) is 5.69 Å². The second-order valence-corrected chi connectivity index (χ2v) is 4.37. The van der Waals surface area contributed by atoms with Crippen LogP contribution in [0.1, 0.15) is 31.7 Å². The van der Waals surface area contributed by atoms with Crippen molar-refractivity contribution in [1.29, 1.82) is 0 Å². The topological polar surface area (TPSA) is 47.6 Å². The lowest BCUT2D eigenvalue weighted by atomic mass is 10.0. The van der Waals surface area contributed by atoms with Gasteiger partial charge in [-0.15, -0.1) is 0 Å². The molecule has 4 nitrogen and oxygen atoms in total. The minimum absolute atomic E-state index is 0.222. The summed E-state index contributed by atoms with van der Waals surface area (Å²) in [5.74, 6) is 1.04. The maximum Gasteiger partial charge on any atom is 0.307 e. The molecule has 0 bridgehead atoms. The first-order valence-electron chi connectivity index (χ1n) is 6.07. The van der Waals surface area contributed by atoms with Crippen molar-refractivity contribution in [3.63, 3.8) is 0 Å². The number of carbonyl (C=O) groups excluding carboxylic acids is 1. The first-order chi connectivity index (χ1) is 8.58. The van der Waals surface area contributed by atoms with E-state index in [4.69, 9.17) is 4.74 Å². The zero-order valence-electron chi connectivity index (χ0n) is 11.4. The highest BCUT2D eigenvalue weighted by Gasteiger charge is 2.07. The van der Waals surface area contributed by atoms with E-state index in [1.165, 1.54) is 12.7 Å². The number of anilines is 1. The third-order valence-electron chi connectivity index (χ3n) is 2.76. The highest BCUT2D eigenvalue weighted by Crippen LogP contribution is 2.28. The quantitative estimate of drug-likeness (QED) is 0.790. The van der Waals surface area contributed by atoms with Gasteiger partial charge in [0.05, 0.1) is 26.3 Å². The minimum atomic E-state index is -0.222. The Bertz CT molecular complexity index is 402. The van der Waals surface area contributed by atoms with E-state index in [0.717, 1.165) is 11.4 Å². The summed E-state index contributed by atoms with van der Waals surface area (Å²) < 4.78 is 9.93. The van der Waals surface area contributed by atoms with E-state index in [1.54, 1.807) is 7.11 Å². The van der Waals surface area contributed by atoms with Crippen molar-refractivity contribution in [1.82, 2.24) is 0 Å². The van der Waals surface area contributed by atoms with E-state index in [-0.39, 0.29) is 5.97 Å². The summed E-state index contributed by atoms with van der Waals surface area (Å²) in [5.41, 5.74) is 2.12. The molecular formula is C14H21NO3. The predicted octanol–water partition coefficient (Wildman–Crippen LogP) is 2.79. The van der Waals surface area contributed by atoms with Crippen LogP contribution in [0, 0.1) is 0 Å². The first-order valence-corrected chi connectivity index (χ1v) is 6.07. The number of hydrogen-bond acceptors (Lipinski definition) is 4. The van der Waals surface area contributed by atoms with E-state index in [9.17, 15) is 4.79 Å². The number of nitrogens with one attached hydrogen (secondary N) is 1. The van der Waals surface area contributed by atoms with Crippen LogP contribution in [0.2, 0.25) is 0 Å². The Morgan fingerprint density at radius 3 is 2.61 bits per heavy atom. The summed E-state index contributed by atoms with van der Waals surface area (Å²) in [5, 5.41) is 3.17. The number of carbonyl (C=O) groups is 1. The highest BCUT2D eigenvalue weighted by atomic mass is 16.5. The van der Waals surface area contributed by atoms with E-state index < -0.39 is 0 Å². The Hall–Kier alpha value is -1.71. The van der Waals surface area contributed by atoms with E-state index in [2.05, 4.69) is 30.0 Å². The molecule has 1 aromatic carbocycles. The molecule has 0 aliphatic heterocycles. The number of methoxy groups -OCH3 is 2. The van der Waals surface area contributed by atoms with Crippen molar-refractivity contribution >= 4 is 11.7 Å². The summed E-state index contributed by atoms with van der Waals surface area (Å²) in [4.78, 5) is 11.0. The van der Waals surface area contributed by atoms with Gasteiger partial charge in [-0.2, -0.15) is 0 Å². The summed E-state index contributed by atoms with van der Waals surface area (Å²) in [7, 11) is 3.03. The van der Waals surface area contributed by atoms with Gasteiger partial charge in [0.25, 0.3) is 0 Å². The molecule has 0 aliphatic carbocycles. The van der Waals surface area contributed by atoms with Crippen LogP contribution in [0.15, 0.2) is 18.2 Å². The molecule has 0 atom stereocenters. The molecule has 18 heavy (non-hydrogen) atoms. The second kappa shape index (κ2) is 6.89. The van der Waals surface area contributed by atoms with E-state index in [1.807, 2.05) is 12.1 Å². The monoisotopic (exact) mass is 251 g/mol. The zero-order chi connectivity index (χ0) is 13.5. The largest absolute Gasteiger partial charge is 0.495 e. The number of benzene rings is 1. The number of hydrogen-bond donors (Lipinski definition) is 1. The molecule has 0 amide bonds. The average Bonchev–Trinajstić information content (AvgIpc) is 2.38. The van der Waals surface area contributed by atoms with Crippen LogP contribution in [0.5, 0.6) is 5.75 Å². The van der Waals surface area contributed by atoms with Gasteiger partial charge < -0.3 is 14.8 Å². The van der Waals surface area contributed by atoms with Gasteiger partial charge in [0.1, 0.15) is 5.75 Å². The molecular weight excluding hydrogens is 230 g/mol. The number of rotatable bonds is 6. The summed E-state index contributed by atoms with van der Waals surface area (Å²) in [6, 6.07) is 6.06. The Labute approximate surface area is 108 Å². The Balaban J connectivity index is 2.68. The van der Waals surface area contributed by atoms with Gasteiger partial charge in [-0.05, 0) is 23.6 Å². The lowest BCUT2D eigenvalue weighted by molar-refractivity contribution is -0.140. The van der Waals surface area contributed by atoms with Gasteiger partial charge in [-0.3, -0.25) is 4.79 Å². The summed E-state index contributed by atoms with van der Waals surface area (Å²) in [6.45, 7) is 4.81. The molecule has 1 N–H and O–H groups in total. The molecule has 0 radical (unpaired) electrons. The van der Waals surface area contributed by atoms with Crippen LogP contribution in [-0.4, -0.2) is 26.7 Å². The molecule has 100 valence electrons. The predicted molar refractivity (Wildman–Crippen MR) is 72.2 cm³/mol. The van der Waals surface area contributed by atoms with Crippen LogP contribution in [0.25, 0.3) is 0 Å². The van der Waals surface area contributed by atoms with Gasteiger partial charge in [-0.25, -0.2) is 0 Å². The van der Waals surface area contributed by atoms with Crippen molar-refractivity contribution in [2.24, 2.45) is 0 Å². The highest BCUT2D eigenvalue weighted by molar-refractivity contribution is 5.70. The lowest BCUT2D eigenvalue weighted by Gasteiger charge is -2.13. The molecule has 0 saturated carbocycles. The van der Waals surface area contributed by atoms with Crippen molar-refractivity contribution in [3.05, 3.63) is 23.8 Å². The van der Waals surface area contributed by atoms with Gasteiger partial charge in [-0.1, -0.05) is 19.9 Å². The van der Waals surface area contributed by atoms with Crippen molar-refractivity contribution < 1.29 is 14.3 Å². The van der Waals surface area contributed by atoms with Crippen LogP contribution >= 0.6 is 0 Å². The molecule has 0 saturated heterocycles. The number of ether oxygens (including phenoxy) is 2. The molecule has 1 rings (SSSR count). The fourth-order valence-corrected chi connectivity index (χ4v) is 1.61. The van der Waals surface area contributed by atoms with E-state index >= 15 is 0 Å². The molecule has 4 heteroatoms. The summed E-state index contributed by atoms with van der Waals surface area (Å²) in [6.07, 6.45) is 0.339. The maximum absolute atomic E-state index is 11.0. The van der Waals surface area contributed by atoms with Gasteiger partial charge in [0, 0.05) is 6.54 Å². The lowest BCUT2D eigenvalue weighted by Crippen LogP contribution is -2.10. The first kappa shape index (κ1) is 14.4. The molecule has 0 heterocycles. The van der Waals surface area contributed by atoms with E-state index in [0.29, 0.717) is 18.9 Å².